The fourth-order valence-electron chi connectivity index (χ4n) is 5.05. The van der Waals surface area contributed by atoms with E-state index >= 15 is 0 Å². The summed E-state index contributed by atoms with van der Waals surface area (Å²) in [5, 5.41) is 0. The molecule has 0 saturated carbocycles. The number of likely N-dealkylation sites (tertiary alicyclic amines) is 1. The number of hydrogen-bond donors (Lipinski definition) is 0. The molecule has 0 aromatic heterocycles. The molecule has 37 heavy (non-hydrogen) atoms. The van der Waals surface area contributed by atoms with Crippen LogP contribution in [0.3, 0.4) is 0 Å². The van der Waals surface area contributed by atoms with Gasteiger partial charge in [0.15, 0.2) is 0 Å². The molecule has 3 aromatic carbocycles. The first-order chi connectivity index (χ1) is 18.1. The van der Waals surface area contributed by atoms with E-state index in [1.54, 1.807) is 18.2 Å². The molecule has 1 amide bonds. The van der Waals surface area contributed by atoms with Gasteiger partial charge in [0.2, 0.25) is 5.91 Å². The standard InChI is InChI=1S/C31H34FN3O2/c32-27-8-4-6-25(22-27)12-13-31(36)35-16-14-29(15-17-35)37-30-11-5-7-26(23-30)24-33-18-20-34(21-19-33)28-9-2-1-3-10-28/h1-13,22-23,29H,14-21,24H2/b13-12+. The van der Waals surface area contributed by atoms with Crippen LogP contribution < -0.4 is 9.64 Å². The van der Waals surface area contributed by atoms with Crippen molar-refractivity contribution in [2.45, 2.75) is 25.5 Å². The van der Waals surface area contributed by atoms with Crippen molar-refractivity contribution in [2.24, 2.45) is 0 Å². The van der Waals surface area contributed by atoms with Gasteiger partial charge in [0, 0.05) is 70.4 Å². The number of carbonyl (C=O) groups is 1. The Balaban J connectivity index is 1.07. The number of benzene rings is 3. The monoisotopic (exact) mass is 499 g/mol. The van der Waals surface area contributed by atoms with E-state index in [4.69, 9.17) is 4.74 Å². The number of rotatable bonds is 7. The normalized spacial score (nSPS) is 17.3. The molecule has 0 aliphatic carbocycles. The SMILES string of the molecule is O=C(/C=C/c1cccc(F)c1)N1CCC(Oc2cccc(CN3CCN(c4ccccc4)CC3)c2)CC1. The number of nitrogens with zero attached hydrogens (tertiary/aromatic N) is 3. The maximum Gasteiger partial charge on any atom is 0.246 e. The first-order valence-corrected chi connectivity index (χ1v) is 13.1. The minimum Gasteiger partial charge on any atom is -0.490 e. The van der Waals surface area contributed by atoms with Crippen molar-refractivity contribution in [1.82, 2.24) is 9.80 Å². The molecule has 2 heterocycles. The Hall–Kier alpha value is -3.64. The fourth-order valence-corrected chi connectivity index (χ4v) is 5.05. The van der Waals surface area contributed by atoms with Gasteiger partial charge in [-0.05, 0) is 53.6 Å². The highest BCUT2D eigenvalue weighted by Crippen LogP contribution is 2.22. The lowest BCUT2D eigenvalue weighted by Gasteiger charge is -2.36. The molecule has 2 saturated heterocycles. The van der Waals surface area contributed by atoms with Gasteiger partial charge in [0.05, 0.1) is 0 Å². The summed E-state index contributed by atoms with van der Waals surface area (Å²) in [6.07, 6.45) is 4.89. The Bertz CT molecular complexity index is 1200. The third-order valence-electron chi connectivity index (χ3n) is 7.12. The summed E-state index contributed by atoms with van der Waals surface area (Å²) in [5.41, 5.74) is 3.25. The summed E-state index contributed by atoms with van der Waals surface area (Å²) in [4.78, 5) is 19.3. The summed E-state index contributed by atoms with van der Waals surface area (Å²) >= 11 is 0. The van der Waals surface area contributed by atoms with Crippen LogP contribution in [0.15, 0.2) is 84.9 Å². The number of piperazine rings is 1. The second kappa shape index (κ2) is 12.1. The lowest BCUT2D eigenvalue weighted by molar-refractivity contribution is -0.127. The number of para-hydroxylation sites is 1. The lowest BCUT2D eigenvalue weighted by Crippen LogP contribution is -2.45. The average molecular weight is 500 g/mol. The molecule has 0 N–H and O–H groups in total. The molecule has 0 bridgehead atoms. The largest absolute Gasteiger partial charge is 0.490 e. The van der Waals surface area contributed by atoms with Crippen LogP contribution in [-0.4, -0.2) is 61.1 Å². The zero-order chi connectivity index (χ0) is 25.5. The van der Waals surface area contributed by atoms with Gasteiger partial charge in [-0.2, -0.15) is 0 Å². The third kappa shape index (κ3) is 6.98. The fraction of sp³-hybridized carbons (Fsp3) is 0.323. The van der Waals surface area contributed by atoms with Gasteiger partial charge < -0.3 is 14.5 Å². The summed E-state index contributed by atoms with van der Waals surface area (Å²) in [7, 11) is 0. The highest BCUT2D eigenvalue weighted by molar-refractivity contribution is 5.91. The van der Waals surface area contributed by atoms with Crippen molar-refractivity contribution in [3.63, 3.8) is 0 Å². The number of hydrogen-bond acceptors (Lipinski definition) is 4. The minimum absolute atomic E-state index is 0.0444. The van der Waals surface area contributed by atoms with Gasteiger partial charge in [0.25, 0.3) is 0 Å². The van der Waals surface area contributed by atoms with Crippen LogP contribution in [-0.2, 0) is 11.3 Å². The molecule has 2 aliphatic rings. The molecule has 192 valence electrons. The predicted molar refractivity (Wildman–Crippen MR) is 146 cm³/mol. The quantitative estimate of drug-likeness (QED) is 0.417. The molecule has 0 atom stereocenters. The smallest absolute Gasteiger partial charge is 0.246 e. The second-order valence-corrected chi connectivity index (χ2v) is 9.78. The van der Waals surface area contributed by atoms with Crippen molar-refractivity contribution >= 4 is 17.7 Å². The molecule has 5 rings (SSSR count). The van der Waals surface area contributed by atoms with Crippen LogP contribution >= 0.6 is 0 Å². The van der Waals surface area contributed by atoms with E-state index < -0.39 is 0 Å². The lowest BCUT2D eigenvalue weighted by atomic mass is 10.1. The Morgan fingerprint density at radius 3 is 2.38 bits per heavy atom. The maximum atomic E-state index is 13.3. The first-order valence-electron chi connectivity index (χ1n) is 13.1. The number of carbonyl (C=O) groups excluding carboxylic acids is 1. The Labute approximate surface area is 218 Å². The first kappa shape index (κ1) is 25.0. The molecular weight excluding hydrogens is 465 g/mol. The summed E-state index contributed by atoms with van der Waals surface area (Å²) in [5.74, 6) is 0.551. The predicted octanol–water partition coefficient (Wildman–Crippen LogP) is 5.23. The van der Waals surface area contributed by atoms with E-state index in [1.165, 1.54) is 29.5 Å². The molecule has 2 fully saturated rings. The Morgan fingerprint density at radius 2 is 1.62 bits per heavy atom. The van der Waals surface area contributed by atoms with Crippen molar-refractivity contribution in [2.75, 3.05) is 44.2 Å². The van der Waals surface area contributed by atoms with Gasteiger partial charge in [-0.15, -0.1) is 0 Å². The number of halogens is 1. The maximum absolute atomic E-state index is 13.3. The topological polar surface area (TPSA) is 36.0 Å². The Kier molecular flexibility index (Phi) is 8.16. The third-order valence-corrected chi connectivity index (χ3v) is 7.12. The molecule has 6 heteroatoms. The number of amides is 1. The van der Waals surface area contributed by atoms with Gasteiger partial charge in [0.1, 0.15) is 17.7 Å². The highest BCUT2D eigenvalue weighted by atomic mass is 19.1. The molecule has 3 aromatic rings. The van der Waals surface area contributed by atoms with E-state index in [1.807, 2.05) is 11.0 Å². The summed E-state index contributed by atoms with van der Waals surface area (Å²) in [6, 6.07) is 25.3. The number of ether oxygens (including phenoxy) is 1. The van der Waals surface area contributed by atoms with Crippen LogP contribution in [0.25, 0.3) is 6.08 Å². The molecule has 0 unspecified atom stereocenters. The zero-order valence-corrected chi connectivity index (χ0v) is 21.1. The molecule has 0 radical (unpaired) electrons. The van der Waals surface area contributed by atoms with Gasteiger partial charge in [-0.3, -0.25) is 9.69 Å². The van der Waals surface area contributed by atoms with Crippen molar-refractivity contribution < 1.29 is 13.9 Å². The van der Waals surface area contributed by atoms with Gasteiger partial charge >= 0.3 is 0 Å². The number of anilines is 1. The highest BCUT2D eigenvalue weighted by Gasteiger charge is 2.23. The Morgan fingerprint density at radius 1 is 0.865 bits per heavy atom. The zero-order valence-electron chi connectivity index (χ0n) is 21.1. The van der Waals surface area contributed by atoms with Crippen LogP contribution in [0, 0.1) is 5.82 Å². The van der Waals surface area contributed by atoms with Gasteiger partial charge in [-0.1, -0.05) is 42.5 Å². The van der Waals surface area contributed by atoms with E-state index in [2.05, 4.69) is 58.3 Å². The van der Waals surface area contributed by atoms with Crippen LogP contribution in [0.5, 0.6) is 5.75 Å². The number of piperidine rings is 1. The van der Waals surface area contributed by atoms with Crippen molar-refractivity contribution in [3.05, 3.63) is 102 Å². The van der Waals surface area contributed by atoms with Crippen molar-refractivity contribution in [1.29, 1.82) is 0 Å². The van der Waals surface area contributed by atoms with E-state index in [0.717, 1.165) is 51.3 Å². The van der Waals surface area contributed by atoms with E-state index in [-0.39, 0.29) is 17.8 Å². The molecule has 2 aliphatic heterocycles. The van der Waals surface area contributed by atoms with Gasteiger partial charge in [-0.25, -0.2) is 4.39 Å². The summed E-state index contributed by atoms with van der Waals surface area (Å²) in [6.45, 7) is 6.39. The van der Waals surface area contributed by atoms with Crippen LogP contribution in [0.2, 0.25) is 0 Å². The van der Waals surface area contributed by atoms with E-state index in [9.17, 15) is 9.18 Å². The average Bonchev–Trinajstić information content (AvgIpc) is 2.93. The molecule has 0 spiro atoms. The van der Waals surface area contributed by atoms with Crippen LogP contribution in [0.4, 0.5) is 10.1 Å². The second-order valence-electron chi connectivity index (χ2n) is 9.78. The minimum atomic E-state index is -0.303. The molecular formula is C31H34FN3O2. The van der Waals surface area contributed by atoms with E-state index in [0.29, 0.717) is 18.7 Å². The summed E-state index contributed by atoms with van der Waals surface area (Å²) < 4.78 is 19.6. The van der Waals surface area contributed by atoms with Crippen molar-refractivity contribution in [3.8, 4) is 5.75 Å². The van der Waals surface area contributed by atoms with Crippen LogP contribution in [0.1, 0.15) is 24.0 Å². The molecule has 5 nitrogen and oxygen atoms in total.